The Bertz CT molecular complexity index is 698. The van der Waals surface area contributed by atoms with Gasteiger partial charge in [0, 0.05) is 24.2 Å². The fourth-order valence-electron chi connectivity index (χ4n) is 2.08. The Morgan fingerprint density at radius 3 is 2.46 bits per heavy atom. The molecule has 0 unspecified atom stereocenters. The third kappa shape index (κ3) is 5.02. The Labute approximate surface area is 143 Å². The van der Waals surface area contributed by atoms with Crippen LogP contribution in [0.15, 0.2) is 29.6 Å². The number of carbonyl (C=O) groups excluding carboxylic acids is 2. The molecule has 0 fully saturated rings. The SMILES string of the molecule is CCN(CC)C(=O)Cc1csc(NC(=O)Nc2ccc(F)cc2)n1. The second-order valence-corrected chi connectivity index (χ2v) is 5.83. The Morgan fingerprint density at radius 2 is 1.83 bits per heavy atom. The first-order valence-electron chi connectivity index (χ1n) is 7.57. The zero-order valence-electron chi connectivity index (χ0n) is 13.5. The Morgan fingerprint density at radius 1 is 1.17 bits per heavy atom. The minimum absolute atomic E-state index is 0.00705. The zero-order chi connectivity index (χ0) is 17.5. The molecule has 6 nitrogen and oxygen atoms in total. The smallest absolute Gasteiger partial charge is 0.325 e. The molecule has 0 atom stereocenters. The van der Waals surface area contributed by atoms with Crippen LogP contribution in [0.5, 0.6) is 0 Å². The van der Waals surface area contributed by atoms with Crippen molar-refractivity contribution in [1.29, 1.82) is 0 Å². The lowest BCUT2D eigenvalue weighted by molar-refractivity contribution is -0.130. The lowest BCUT2D eigenvalue weighted by atomic mass is 10.3. The van der Waals surface area contributed by atoms with Gasteiger partial charge in [0.15, 0.2) is 5.13 Å². The van der Waals surface area contributed by atoms with Crippen molar-refractivity contribution in [3.8, 4) is 0 Å². The molecule has 0 saturated carbocycles. The first kappa shape index (κ1) is 17.9. The van der Waals surface area contributed by atoms with Crippen molar-refractivity contribution in [2.75, 3.05) is 23.7 Å². The summed E-state index contributed by atoms with van der Waals surface area (Å²) in [6.45, 7) is 5.17. The van der Waals surface area contributed by atoms with Crippen LogP contribution in [0.25, 0.3) is 0 Å². The number of urea groups is 1. The number of amides is 3. The van der Waals surface area contributed by atoms with Gasteiger partial charge in [-0.3, -0.25) is 10.1 Å². The van der Waals surface area contributed by atoms with Crippen LogP contribution >= 0.6 is 11.3 Å². The normalized spacial score (nSPS) is 10.3. The number of thiazole rings is 1. The number of likely N-dealkylation sites (N-methyl/N-ethyl adjacent to an activating group) is 1. The first-order valence-corrected chi connectivity index (χ1v) is 8.45. The molecule has 0 bridgehead atoms. The van der Waals surface area contributed by atoms with Crippen molar-refractivity contribution in [2.24, 2.45) is 0 Å². The molecule has 1 aromatic carbocycles. The van der Waals surface area contributed by atoms with Gasteiger partial charge >= 0.3 is 6.03 Å². The van der Waals surface area contributed by atoms with Crippen molar-refractivity contribution in [3.63, 3.8) is 0 Å². The molecule has 2 aromatic rings. The van der Waals surface area contributed by atoms with E-state index in [-0.39, 0.29) is 18.1 Å². The number of carbonyl (C=O) groups is 2. The van der Waals surface area contributed by atoms with Gasteiger partial charge in [0.2, 0.25) is 5.91 Å². The van der Waals surface area contributed by atoms with Gasteiger partial charge in [-0.15, -0.1) is 11.3 Å². The Balaban J connectivity index is 1.89. The van der Waals surface area contributed by atoms with Gasteiger partial charge in [-0.2, -0.15) is 0 Å². The fourth-order valence-corrected chi connectivity index (χ4v) is 2.79. The van der Waals surface area contributed by atoms with Crippen LogP contribution in [0.4, 0.5) is 20.0 Å². The molecule has 0 aliphatic carbocycles. The number of nitrogens with zero attached hydrogens (tertiary/aromatic N) is 2. The van der Waals surface area contributed by atoms with Crippen LogP contribution in [0.3, 0.4) is 0 Å². The summed E-state index contributed by atoms with van der Waals surface area (Å²) >= 11 is 1.25. The molecule has 0 saturated heterocycles. The van der Waals surface area contributed by atoms with E-state index in [1.165, 1.54) is 35.6 Å². The second-order valence-electron chi connectivity index (χ2n) is 4.97. The van der Waals surface area contributed by atoms with Gasteiger partial charge in [0.05, 0.1) is 12.1 Å². The fraction of sp³-hybridized carbons (Fsp3) is 0.312. The predicted molar refractivity (Wildman–Crippen MR) is 92.8 cm³/mol. The number of benzene rings is 1. The molecule has 0 radical (unpaired) electrons. The van der Waals surface area contributed by atoms with E-state index in [4.69, 9.17) is 0 Å². The molecular formula is C16H19FN4O2S. The second kappa shape index (κ2) is 8.39. The summed E-state index contributed by atoms with van der Waals surface area (Å²) in [5.41, 5.74) is 1.09. The summed E-state index contributed by atoms with van der Waals surface area (Å²) in [6, 6.07) is 4.97. The molecule has 128 valence electrons. The quantitative estimate of drug-likeness (QED) is 0.839. The summed E-state index contributed by atoms with van der Waals surface area (Å²) in [6.07, 6.45) is 0.208. The molecule has 0 aliphatic rings. The van der Waals surface area contributed by atoms with Gasteiger partial charge in [-0.1, -0.05) is 0 Å². The average Bonchev–Trinajstić information content (AvgIpc) is 2.97. The van der Waals surface area contributed by atoms with Gasteiger partial charge in [0.25, 0.3) is 0 Å². The topological polar surface area (TPSA) is 74.3 Å². The summed E-state index contributed by atoms with van der Waals surface area (Å²) in [5.74, 6) is -0.365. The molecule has 8 heteroatoms. The highest BCUT2D eigenvalue weighted by molar-refractivity contribution is 7.13. The molecule has 2 rings (SSSR count). The Hall–Kier alpha value is -2.48. The molecule has 1 heterocycles. The van der Waals surface area contributed by atoms with Crippen molar-refractivity contribution in [3.05, 3.63) is 41.2 Å². The molecular weight excluding hydrogens is 331 g/mol. The molecule has 24 heavy (non-hydrogen) atoms. The third-order valence-corrected chi connectivity index (χ3v) is 4.13. The zero-order valence-corrected chi connectivity index (χ0v) is 14.3. The van der Waals surface area contributed by atoms with E-state index >= 15 is 0 Å². The van der Waals surface area contributed by atoms with E-state index < -0.39 is 6.03 Å². The number of hydrogen-bond acceptors (Lipinski definition) is 4. The highest BCUT2D eigenvalue weighted by Gasteiger charge is 2.13. The van der Waals surface area contributed by atoms with Crippen LogP contribution in [0, 0.1) is 5.82 Å². The number of nitrogens with one attached hydrogen (secondary N) is 2. The monoisotopic (exact) mass is 350 g/mol. The maximum Gasteiger partial charge on any atom is 0.325 e. The van der Waals surface area contributed by atoms with E-state index in [1.54, 1.807) is 10.3 Å². The van der Waals surface area contributed by atoms with E-state index in [2.05, 4.69) is 15.6 Å². The van der Waals surface area contributed by atoms with E-state index in [0.29, 0.717) is 29.6 Å². The first-order chi connectivity index (χ1) is 11.5. The van der Waals surface area contributed by atoms with E-state index in [0.717, 1.165) is 0 Å². The van der Waals surface area contributed by atoms with Crippen LogP contribution in [0.1, 0.15) is 19.5 Å². The number of rotatable bonds is 6. The minimum atomic E-state index is -0.474. The summed E-state index contributed by atoms with van der Waals surface area (Å²) < 4.78 is 12.8. The van der Waals surface area contributed by atoms with Gasteiger partial charge < -0.3 is 10.2 Å². The predicted octanol–water partition coefficient (Wildman–Crippen LogP) is 3.34. The lowest BCUT2D eigenvalue weighted by Gasteiger charge is -2.17. The number of aromatic nitrogens is 1. The number of hydrogen-bond donors (Lipinski definition) is 2. The molecule has 0 aliphatic heterocycles. The standard InChI is InChI=1S/C16H19FN4O2S/c1-3-21(4-2)14(22)9-13-10-24-16(19-13)20-15(23)18-12-7-5-11(17)6-8-12/h5-8,10H,3-4,9H2,1-2H3,(H2,18,19,20,23). The lowest BCUT2D eigenvalue weighted by Crippen LogP contribution is -2.31. The number of anilines is 2. The van der Waals surface area contributed by atoms with Crippen LogP contribution in [0.2, 0.25) is 0 Å². The van der Waals surface area contributed by atoms with Crippen molar-refractivity contribution < 1.29 is 14.0 Å². The van der Waals surface area contributed by atoms with Crippen molar-refractivity contribution in [1.82, 2.24) is 9.88 Å². The van der Waals surface area contributed by atoms with Crippen LogP contribution in [-0.4, -0.2) is 34.9 Å². The largest absolute Gasteiger partial charge is 0.343 e. The van der Waals surface area contributed by atoms with Gasteiger partial charge in [-0.05, 0) is 38.1 Å². The minimum Gasteiger partial charge on any atom is -0.343 e. The molecule has 1 aromatic heterocycles. The van der Waals surface area contributed by atoms with Gasteiger partial charge in [-0.25, -0.2) is 14.2 Å². The summed E-state index contributed by atoms with van der Waals surface area (Å²) in [7, 11) is 0. The molecule has 0 spiro atoms. The highest BCUT2D eigenvalue weighted by atomic mass is 32.1. The van der Waals surface area contributed by atoms with Crippen molar-refractivity contribution >= 4 is 34.1 Å². The maximum absolute atomic E-state index is 12.8. The van der Waals surface area contributed by atoms with Gasteiger partial charge in [0.1, 0.15) is 5.82 Å². The third-order valence-electron chi connectivity index (χ3n) is 3.32. The molecule has 2 N–H and O–H groups in total. The highest BCUT2D eigenvalue weighted by Crippen LogP contribution is 2.17. The van der Waals surface area contributed by atoms with Crippen LogP contribution in [-0.2, 0) is 11.2 Å². The number of halogens is 1. The van der Waals surface area contributed by atoms with E-state index in [1.807, 2.05) is 13.8 Å². The molecule has 3 amide bonds. The van der Waals surface area contributed by atoms with E-state index in [9.17, 15) is 14.0 Å². The summed E-state index contributed by atoms with van der Waals surface area (Å²) in [5, 5.41) is 7.32. The van der Waals surface area contributed by atoms with Crippen molar-refractivity contribution in [2.45, 2.75) is 20.3 Å². The average molecular weight is 350 g/mol. The van der Waals surface area contributed by atoms with Crippen LogP contribution < -0.4 is 10.6 Å². The summed E-state index contributed by atoms with van der Waals surface area (Å²) in [4.78, 5) is 29.9. The Kier molecular flexibility index (Phi) is 6.25. The maximum atomic E-state index is 12.8.